The zero-order valence-corrected chi connectivity index (χ0v) is 13.1. The van der Waals surface area contributed by atoms with E-state index in [1.54, 1.807) is 0 Å². The molecule has 2 aromatic rings. The fourth-order valence-electron chi connectivity index (χ4n) is 2.52. The summed E-state index contributed by atoms with van der Waals surface area (Å²) >= 11 is 0. The average Bonchev–Trinajstić information content (AvgIpc) is 2.89. The molecule has 1 N–H and O–H groups in total. The van der Waals surface area contributed by atoms with E-state index in [1.807, 2.05) is 25.1 Å². The van der Waals surface area contributed by atoms with Gasteiger partial charge in [-0.3, -0.25) is 4.79 Å². The minimum atomic E-state index is 0.121. The van der Waals surface area contributed by atoms with Crippen molar-refractivity contribution in [3.8, 4) is 12.3 Å². The maximum atomic E-state index is 11.1. The molecule has 4 nitrogen and oxygen atoms in total. The smallest absolute Gasteiger partial charge is 0.219 e. The van der Waals surface area contributed by atoms with Gasteiger partial charge in [0, 0.05) is 19.4 Å². The number of aryl methyl sites for hydroxylation is 1. The van der Waals surface area contributed by atoms with Crippen LogP contribution in [0.25, 0.3) is 11.0 Å². The number of hydrogen-bond donors (Lipinski definition) is 1. The van der Waals surface area contributed by atoms with Crippen LogP contribution in [0.5, 0.6) is 0 Å². The van der Waals surface area contributed by atoms with Gasteiger partial charge in [0.25, 0.3) is 0 Å². The number of carbonyl (C=O) groups is 1. The van der Waals surface area contributed by atoms with E-state index in [4.69, 9.17) is 6.42 Å². The predicted octanol–water partition coefficient (Wildman–Crippen LogP) is 2.91. The van der Waals surface area contributed by atoms with Gasteiger partial charge in [-0.25, -0.2) is 4.98 Å². The van der Waals surface area contributed by atoms with Crippen molar-refractivity contribution in [3.63, 3.8) is 0 Å². The first-order chi connectivity index (χ1) is 10.8. The molecular formula is C18H23N3O. The molecule has 0 aliphatic carbocycles. The van der Waals surface area contributed by atoms with E-state index in [2.05, 4.69) is 26.9 Å². The van der Waals surface area contributed by atoms with Crippen LogP contribution < -0.4 is 5.32 Å². The minimum Gasteiger partial charge on any atom is -0.356 e. The Labute approximate surface area is 131 Å². The Hall–Kier alpha value is -2.28. The van der Waals surface area contributed by atoms with Gasteiger partial charge in [0.2, 0.25) is 5.91 Å². The molecule has 0 saturated carbocycles. The van der Waals surface area contributed by atoms with Gasteiger partial charge < -0.3 is 9.88 Å². The van der Waals surface area contributed by atoms with Crippen molar-refractivity contribution in [2.45, 2.75) is 45.6 Å². The van der Waals surface area contributed by atoms with Crippen LogP contribution >= 0.6 is 0 Å². The molecule has 0 aliphatic rings. The van der Waals surface area contributed by atoms with Crippen LogP contribution in [0.1, 0.15) is 38.4 Å². The Morgan fingerprint density at radius 2 is 2.14 bits per heavy atom. The summed E-state index contributed by atoms with van der Waals surface area (Å²) in [6.07, 6.45) is 10.1. The van der Waals surface area contributed by atoms with E-state index in [-0.39, 0.29) is 5.91 Å². The Bertz CT molecular complexity index is 667. The second-order valence-electron chi connectivity index (χ2n) is 5.32. The second kappa shape index (κ2) is 8.23. The zero-order chi connectivity index (χ0) is 15.8. The van der Waals surface area contributed by atoms with Crippen LogP contribution in [0.2, 0.25) is 0 Å². The van der Waals surface area contributed by atoms with Gasteiger partial charge in [-0.2, -0.15) is 0 Å². The Morgan fingerprint density at radius 1 is 1.32 bits per heavy atom. The number of para-hydroxylation sites is 2. The van der Waals surface area contributed by atoms with Crippen molar-refractivity contribution >= 4 is 16.9 Å². The largest absolute Gasteiger partial charge is 0.356 e. The second-order valence-corrected chi connectivity index (χ2v) is 5.32. The van der Waals surface area contributed by atoms with Crippen LogP contribution in [0, 0.1) is 12.3 Å². The van der Waals surface area contributed by atoms with E-state index in [1.165, 1.54) is 0 Å². The highest BCUT2D eigenvalue weighted by molar-refractivity contribution is 5.76. The van der Waals surface area contributed by atoms with Gasteiger partial charge in [-0.15, -0.1) is 6.42 Å². The van der Waals surface area contributed by atoms with E-state index in [0.717, 1.165) is 49.1 Å². The third kappa shape index (κ3) is 4.11. The molecule has 0 spiro atoms. The van der Waals surface area contributed by atoms with Crippen LogP contribution in [0.4, 0.5) is 0 Å². The van der Waals surface area contributed by atoms with Crippen LogP contribution in [0.15, 0.2) is 24.3 Å². The molecular weight excluding hydrogens is 274 g/mol. The summed E-state index contributed by atoms with van der Waals surface area (Å²) < 4.78 is 2.12. The van der Waals surface area contributed by atoms with Crippen molar-refractivity contribution in [1.29, 1.82) is 0 Å². The molecule has 116 valence electrons. The summed E-state index contributed by atoms with van der Waals surface area (Å²) in [5.74, 6) is 3.88. The fraction of sp³-hybridized carbons (Fsp3) is 0.444. The number of fused-ring (bicyclic) bond motifs is 1. The number of terminal acetylenes is 1. The van der Waals surface area contributed by atoms with Crippen LogP contribution in [-0.4, -0.2) is 22.0 Å². The standard InChI is InChI=1S/C18H23N3O/c1-3-14-21-16-11-8-7-10-15(16)20-17(21)12-6-5-9-13-19-18(22)4-2/h1,7-8,10-11H,4-6,9,12-14H2,2H3,(H,19,22). The Balaban J connectivity index is 1.87. The lowest BCUT2D eigenvalue weighted by Crippen LogP contribution is -2.23. The van der Waals surface area contributed by atoms with E-state index in [0.29, 0.717) is 13.0 Å². The third-order valence-electron chi connectivity index (χ3n) is 3.70. The predicted molar refractivity (Wildman–Crippen MR) is 89.4 cm³/mol. The van der Waals surface area contributed by atoms with Gasteiger partial charge in [0.1, 0.15) is 5.82 Å². The normalized spacial score (nSPS) is 10.5. The number of nitrogens with one attached hydrogen (secondary N) is 1. The van der Waals surface area contributed by atoms with Crippen molar-refractivity contribution in [1.82, 2.24) is 14.9 Å². The summed E-state index contributed by atoms with van der Waals surface area (Å²) in [6.45, 7) is 3.18. The molecule has 1 amide bonds. The van der Waals surface area contributed by atoms with Crippen LogP contribution in [0.3, 0.4) is 0 Å². The first-order valence-electron chi connectivity index (χ1n) is 7.90. The molecule has 0 saturated heterocycles. The highest BCUT2D eigenvalue weighted by Gasteiger charge is 2.08. The fourth-order valence-corrected chi connectivity index (χ4v) is 2.52. The highest BCUT2D eigenvalue weighted by atomic mass is 16.1. The monoisotopic (exact) mass is 297 g/mol. The first-order valence-corrected chi connectivity index (χ1v) is 7.90. The molecule has 0 bridgehead atoms. The van der Waals surface area contributed by atoms with Gasteiger partial charge in [0.15, 0.2) is 0 Å². The molecule has 1 heterocycles. The maximum Gasteiger partial charge on any atom is 0.219 e. The molecule has 0 aliphatic heterocycles. The molecule has 2 rings (SSSR count). The molecule has 1 aromatic heterocycles. The summed E-state index contributed by atoms with van der Waals surface area (Å²) in [5, 5.41) is 2.90. The lowest BCUT2D eigenvalue weighted by molar-refractivity contribution is -0.120. The van der Waals surface area contributed by atoms with Gasteiger partial charge >= 0.3 is 0 Å². The van der Waals surface area contributed by atoms with Gasteiger partial charge in [-0.05, 0) is 25.0 Å². The molecule has 0 unspecified atom stereocenters. The highest BCUT2D eigenvalue weighted by Crippen LogP contribution is 2.17. The van der Waals surface area contributed by atoms with Crippen molar-refractivity contribution < 1.29 is 4.79 Å². The van der Waals surface area contributed by atoms with Gasteiger partial charge in [-0.1, -0.05) is 31.4 Å². The quantitative estimate of drug-likeness (QED) is 0.601. The molecule has 0 fully saturated rings. The van der Waals surface area contributed by atoms with Crippen LogP contribution in [-0.2, 0) is 17.8 Å². The zero-order valence-electron chi connectivity index (χ0n) is 13.1. The van der Waals surface area contributed by atoms with E-state index in [9.17, 15) is 4.79 Å². The SMILES string of the molecule is C#CCn1c(CCCCCNC(=O)CC)nc2ccccc21. The van der Waals surface area contributed by atoms with E-state index >= 15 is 0 Å². The number of rotatable bonds is 8. The van der Waals surface area contributed by atoms with Gasteiger partial charge in [0.05, 0.1) is 17.6 Å². The topological polar surface area (TPSA) is 46.9 Å². The summed E-state index contributed by atoms with van der Waals surface area (Å²) in [4.78, 5) is 15.8. The molecule has 1 aromatic carbocycles. The van der Waals surface area contributed by atoms with Crippen molar-refractivity contribution in [3.05, 3.63) is 30.1 Å². The van der Waals surface area contributed by atoms with Crippen molar-refractivity contribution in [2.75, 3.05) is 6.54 Å². The molecule has 4 heteroatoms. The maximum absolute atomic E-state index is 11.1. The average molecular weight is 297 g/mol. The summed E-state index contributed by atoms with van der Waals surface area (Å²) in [6, 6.07) is 8.09. The third-order valence-corrected chi connectivity index (χ3v) is 3.70. The number of benzene rings is 1. The summed E-state index contributed by atoms with van der Waals surface area (Å²) in [5.41, 5.74) is 2.11. The number of amides is 1. The summed E-state index contributed by atoms with van der Waals surface area (Å²) in [7, 11) is 0. The first kappa shape index (κ1) is 16.1. The molecule has 0 radical (unpaired) electrons. The number of unbranched alkanes of at least 4 members (excludes halogenated alkanes) is 2. The Kier molecular flexibility index (Phi) is 6.02. The Morgan fingerprint density at radius 3 is 2.91 bits per heavy atom. The number of carbonyl (C=O) groups excluding carboxylic acids is 1. The molecule has 0 atom stereocenters. The number of hydrogen-bond acceptors (Lipinski definition) is 2. The lowest BCUT2D eigenvalue weighted by Gasteiger charge is -2.06. The number of aromatic nitrogens is 2. The van der Waals surface area contributed by atoms with Crippen molar-refractivity contribution in [2.24, 2.45) is 0 Å². The molecule has 22 heavy (non-hydrogen) atoms. The lowest BCUT2D eigenvalue weighted by atomic mass is 10.2. The minimum absolute atomic E-state index is 0.121. The number of nitrogens with zero attached hydrogens (tertiary/aromatic N) is 2. The number of imidazole rings is 1. The van der Waals surface area contributed by atoms with E-state index < -0.39 is 0 Å².